The molecule has 0 bridgehead atoms. The maximum absolute atomic E-state index is 6.15. The second-order valence-corrected chi connectivity index (χ2v) is 5.19. The summed E-state index contributed by atoms with van der Waals surface area (Å²) >= 11 is 0. The van der Waals surface area contributed by atoms with Crippen LogP contribution in [-0.2, 0) is 4.74 Å². The van der Waals surface area contributed by atoms with Crippen LogP contribution in [0.3, 0.4) is 0 Å². The lowest BCUT2D eigenvalue weighted by Gasteiger charge is -2.30. The molecule has 1 rings (SSSR count). The first-order valence-corrected chi connectivity index (χ1v) is 6.57. The van der Waals surface area contributed by atoms with Crippen molar-refractivity contribution in [1.29, 1.82) is 0 Å². The highest BCUT2D eigenvalue weighted by atomic mass is 16.5. The van der Waals surface area contributed by atoms with E-state index in [0.717, 1.165) is 11.3 Å². The predicted octanol–water partition coefficient (Wildman–Crippen LogP) is 4.50. The molecule has 0 N–H and O–H groups in total. The third-order valence-electron chi connectivity index (χ3n) is 3.08. The second-order valence-electron chi connectivity index (χ2n) is 5.19. The van der Waals surface area contributed by atoms with Gasteiger partial charge in [-0.2, -0.15) is 0 Å². The topological polar surface area (TPSA) is 18.5 Å². The van der Waals surface area contributed by atoms with Crippen LogP contribution in [0.15, 0.2) is 48.8 Å². The molecule has 2 nitrogen and oxygen atoms in total. The molecule has 0 fully saturated rings. The molecule has 0 heterocycles. The van der Waals surface area contributed by atoms with Crippen molar-refractivity contribution in [2.45, 2.75) is 33.8 Å². The highest BCUT2D eigenvalue weighted by Gasteiger charge is 2.27. The molecule has 0 saturated heterocycles. The number of hydrogen-bond donors (Lipinski definition) is 0. The van der Waals surface area contributed by atoms with Crippen molar-refractivity contribution in [2.75, 3.05) is 7.11 Å². The van der Waals surface area contributed by atoms with Crippen LogP contribution in [0, 0.1) is 12.3 Å². The maximum atomic E-state index is 6.15. The Labute approximate surface area is 116 Å². The Hall–Kier alpha value is -1.70. The normalized spacial score (nSPS) is 13.9. The molecule has 1 aromatic rings. The van der Waals surface area contributed by atoms with Crippen molar-refractivity contribution >= 4 is 0 Å². The fourth-order valence-corrected chi connectivity index (χ4v) is 1.78. The molecule has 0 saturated carbocycles. The molecule has 104 valence electrons. The lowest BCUT2D eigenvalue weighted by atomic mass is 9.86. The molecule has 0 aliphatic rings. The molecular formula is C17H24O2. The van der Waals surface area contributed by atoms with Crippen LogP contribution < -0.4 is 4.74 Å². The first-order valence-electron chi connectivity index (χ1n) is 6.57. The van der Waals surface area contributed by atoms with E-state index >= 15 is 0 Å². The zero-order valence-corrected chi connectivity index (χ0v) is 12.5. The minimum Gasteiger partial charge on any atom is -0.505 e. The van der Waals surface area contributed by atoms with Crippen LogP contribution in [0.25, 0.3) is 0 Å². The van der Waals surface area contributed by atoms with Gasteiger partial charge in [-0.1, -0.05) is 38.1 Å². The van der Waals surface area contributed by atoms with Gasteiger partial charge in [0.25, 0.3) is 0 Å². The quantitative estimate of drug-likeness (QED) is 0.553. The van der Waals surface area contributed by atoms with E-state index in [2.05, 4.69) is 32.9 Å². The Morgan fingerprint density at radius 2 is 1.89 bits per heavy atom. The summed E-state index contributed by atoms with van der Waals surface area (Å²) < 4.78 is 11.2. The Kier molecular flexibility index (Phi) is 5.68. The number of para-hydroxylation sites is 1. The number of allylic oxidation sites excluding steroid dienone is 1. The first kappa shape index (κ1) is 15.4. The lowest BCUT2D eigenvalue weighted by Crippen LogP contribution is -2.31. The molecule has 0 aliphatic carbocycles. The van der Waals surface area contributed by atoms with Crippen molar-refractivity contribution in [3.8, 4) is 5.75 Å². The summed E-state index contributed by atoms with van der Waals surface area (Å²) in [6.07, 6.45) is 7.79. The number of ether oxygens (including phenoxy) is 2. The van der Waals surface area contributed by atoms with E-state index in [4.69, 9.17) is 9.47 Å². The highest BCUT2D eigenvalue weighted by molar-refractivity contribution is 5.32. The number of aryl methyl sites for hydroxylation is 1. The van der Waals surface area contributed by atoms with Crippen LogP contribution in [0.1, 0.15) is 26.3 Å². The molecular weight excluding hydrogens is 236 g/mol. The van der Waals surface area contributed by atoms with Crippen molar-refractivity contribution in [3.63, 3.8) is 0 Å². The van der Waals surface area contributed by atoms with Crippen LogP contribution >= 0.6 is 0 Å². The van der Waals surface area contributed by atoms with Crippen molar-refractivity contribution in [2.24, 2.45) is 5.41 Å². The summed E-state index contributed by atoms with van der Waals surface area (Å²) in [5.74, 6) is 0.921. The number of rotatable bonds is 6. The largest absolute Gasteiger partial charge is 0.505 e. The van der Waals surface area contributed by atoms with Gasteiger partial charge in [0, 0.05) is 5.41 Å². The molecule has 0 spiro atoms. The molecule has 1 atom stereocenters. The Morgan fingerprint density at radius 3 is 2.47 bits per heavy atom. The van der Waals surface area contributed by atoms with Gasteiger partial charge in [0.15, 0.2) is 0 Å². The second kappa shape index (κ2) is 7.03. The fraction of sp³-hybridized carbons (Fsp3) is 0.412. The fourth-order valence-electron chi connectivity index (χ4n) is 1.78. The van der Waals surface area contributed by atoms with E-state index in [1.807, 2.05) is 37.3 Å². The van der Waals surface area contributed by atoms with E-state index in [1.165, 1.54) is 0 Å². The van der Waals surface area contributed by atoms with E-state index in [-0.39, 0.29) is 11.5 Å². The average molecular weight is 260 g/mol. The summed E-state index contributed by atoms with van der Waals surface area (Å²) in [5, 5.41) is 0. The number of hydrogen-bond acceptors (Lipinski definition) is 2. The van der Waals surface area contributed by atoms with E-state index in [9.17, 15) is 0 Å². The molecule has 0 amide bonds. The standard InChI is InChI=1S/C17H24O2/c1-6-9-16(17(3,4)12-13-18-5)19-15-11-8-7-10-14(15)2/h6-13,16H,1-5H3/b9-6+,13-12+/t16-/m0/s1. The van der Waals surface area contributed by atoms with E-state index in [0.29, 0.717) is 0 Å². The number of benzene rings is 1. The third kappa shape index (κ3) is 4.47. The van der Waals surface area contributed by atoms with Crippen LogP contribution in [0.2, 0.25) is 0 Å². The van der Waals surface area contributed by atoms with Crippen molar-refractivity contribution in [3.05, 3.63) is 54.3 Å². The molecule has 0 radical (unpaired) electrons. The Morgan fingerprint density at radius 1 is 1.21 bits per heavy atom. The molecule has 0 aliphatic heterocycles. The maximum Gasteiger partial charge on any atom is 0.125 e. The van der Waals surface area contributed by atoms with Gasteiger partial charge < -0.3 is 9.47 Å². The van der Waals surface area contributed by atoms with Gasteiger partial charge in [-0.3, -0.25) is 0 Å². The third-order valence-corrected chi connectivity index (χ3v) is 3.08. The molecule has 1 aromatic carbocycles. The SMILES string of the molecule is C/C=C/[C@H](Oc1ccccc1C)C(C)(C)/C=C/OC. The van der Waals surface area contributed by atoms with E-state index < -0.39 is 0 Å². The zero-order chi connectivity index (χ0) is 14.3. The predicted molar refractivity (Wildman–Crippen MR) is 80.3 cm³/mol. The molecule has 0 aromatic heterocycles. The minimum atomic E-state index is -0.148. The van der Waals surface area contributed by atoms with Gasteiger partial charge in [-0.05, 0) is 37.6 Å². The van der Waals surface area contributed by atoms with Gasteiger partial charge in [-0.25, -0.2) is 0 Å². The summed E-state index contributed by atoms with van der Waals surface area (Å²) in [6, 6.07) is 8.07. The molecule has 2 heteroatoms. The summed E-state index contributed by atoms with van der Waals surface area (Å²) in [4.78, 5) is 0. The Balaban J connectivity index is 2.96. The van der Waals surface area contributed by atoms with Gasteiger partial charge in [0.05, 0.1) is 13.4 Å². The summed E-state index contributed by atoms with van der Waals surface area (Å²) in [6.45, 7) is 8.32. The lowest BCUT2D eigenvalue weighted by molar-refractivity contribution is 0.146. The summed E-state index contributed by atoms with van der Waals surface area (Å²) in [7, 11) is 1.65. The van der Waals surface area contributed by atoms with E-state index in [1.54, 1.807) is 13.4 Å². The number of methoxy groups -OCH3 is 1. The van der Waals surface area contributed by atoms with Gasteiger partial charge in [0.2, 0.25) is 0 Å². The molecule has 19 heavy (non-hydrogen) atoms. The average Bonchev–Trinajstić information content (AvgIpc) is 2.38. The van der Waals surface area contributed by atoms with Crippen LogP contribution in [0.4, 0.5) is 0 Å². The Bertz CT molecular complexity index is 444. The van der Waals surface area contributed by atoms with Gasteiger partial charge >= 0.3 is 0 Å². The molecule has 0 unspecified atom stereocenters. The van der Waals surface area contributed by atoms with Crippen molar-refractivity contribution < 1.29 is 9.47 Å². The van der Waals surface area contributed by atoms with Crippen molar-refractivity contribution in [1.82, 2.24) is 0 Å². The van der Waals surface area contributed by atoms with Crippen LogP contribution in [-0.4, -0.2) is 13.2 Å². The first-order chi connectivity index (χ1) is 9.01. The highest BCUT2D eigenvalue weighted by Crippen LogP contribution is 2.29. The smallest absolute Gasteiger partial charge is 0.125 e. The van der Waals surface area contributed by atoms with Crippen LogP contribution in [0.5, 0.6) is 5.75 Å². The monoisotopic (exact) mass is 260 g/mol. The van der Waals surface area contributed by atoms with Gasteiger partial charge in [0.1, 0.15) is 11.9 Å². The summed E-state index contributed by atoms with van der Waals surface area (Å²) in [5.41, 5.74) is 0.994. The van der Waals surface area contributed by atoms with Gasteiger partial charge in [-0.15, -0.1) is 0 Å². The minimum absolute atomic E-state index is 0.0370. The zero-order valence-electron chi connectivity index (χ0n) is 12.5.